The van der Waals surface area contributed by atoms with Crippen LogP contribution in [0.4, 0.5) is 0 Å². The second kappa shape index (κ2) is 2.35. The molecule has 0 amide bonds. The van der Waals surface area contributed by atoms with Crippen molar-refractivity contribution in [2.24, 2.45) is 0 Å². The molecule has 0 radical (unpaired) electrons. The van der Waals surface area contributed by atoms with E-state index < -0.39 is 5.97 Å². The first-order valence-electron chi connectivity index (χ1n) is 3.40. The highest BCUT2D eigenvalue weighted by atomic mass is 32.1. The standard InChI is InChI=1S/C8H6O3S/c1-4-2-5-7(12-4)3-6(11-5)8(9)10/h2-3H,1H3,(H,9,10). The van der Waals surface area contributed by atoms with Crippen LogP contribution in [0, 0.1) is 6.92 Å². The highest BCUT2D eigenvalue weighted by Crippen LogP contribution is 2.27. The van der Waals surface area contributed by atoms with E-state index >= 15 is 0 Å². The van der Waals surface area contributed by atoms with Gasteiger partial charge in [0.25, 0.3) is 0 Å². The molecule has 0 aliphatic carbocycles. The smallest absolute Gasteiger partial charge is 0.371 e. The first-order chi connectivity index (χ1) is 5.66. The molecule has 62 valence electrons. The van der Waals surface area contributed by atoms with E-state index in [1.165, 1.54) is 11.3 Å². The Kier molecular flexibility index (Phi) is 1.44. The monoisotopic (exact) mass is 182 g/mol. The molecule has 0 fully saturated rings. The third-order valence-electron chi connectivity index (χ3n) is 1.54. The molecule has 4 heteroatoms. The summed E-state index contributed by atoms with van der Waals surface area (Å²) in [6, 6.07) is 3.39. The number of aromatic carboxylic acids is 1. The molecule has 0 bridgehead atoms. The molecule has 0 saturated heterocycles. The zero-order valence-corrected chi connectivity index (χ0v) is 7.14. The van der Waals surface area contributed by atoms with Crippen LogP contribution in [0.25, 0.3) is 10.3 Å². The molecule has 2 aromatic heterocycles. The summed E-state index contributed by atoms with van der Waals surface area (Å²) in [6.45, 7) is 1.96. The molecule has 0 atom stereocenters. The quantitative estimate of drug-likeness (QED) is 0.737. The zero-order valence-electron chi connectivity index (χ0n) is 6.33. The van der Waals surface area contributed by atoms with E-state index in [2.05, 4.69) is 0 Å². The maximum atomic E-state index is 10.5. The molecule has 2 heterocycles. The summed E-state index contributed by atoms with van der Waals surface area (Å²) in [6.07, 6.45) is 0. The number of carboxylic acids is 1. The SMILES string of the molecule is Cc1cc2oc(C(=O)O)cc2s1. The average molecular weight is 182 g/mol. The molecule has 0 saturated carbocycles. The highest BCUT2D eigenvalue weighted by Gasteiger charge is 2.11. The maximum absolute atomic E-state index is 10.5. The Labute approximate surface area is 72.2 Å². The Morgan fingerprint density at radius 3 is 2.92 bits per heavy atom. The van der Waals surface area contributed by atoms with Crippen LogP contribution in [0.2, 0.25) is 0 Å². The van der Waals surface area contributed by atoms with Gasteiger partial charge in [0.05, 0.1) is 4.70 Å². The van der Waals surface area contributed by atoms with Gasteiger partial charge in [0.15, 0.2) is 0 Å². The molecular formula is C8H6O3S. The first-order valence-corrected chi connectivity index (χ1v) is 4.22. The third-order valence-corrected chi connectivity index (χ3v) is 2.52. The predicted molar refractivity (Wildman–Crippen MR) is 45.8 cm³/mol. The molecule has 0 spiro atoms. The number of thiophene rings is 1. The van der Waals surface area contributed by atoms with E-state index in [9.17, 15) is 4.79 Å². The summed E-state index contributed by atoms with van der Waals surface area (Å²) in [5, 5.41) is 8.58. The Bertz CT molecular complexity index is 407. The van der Waals surface area contributed by atoms with Crippen LogP contribution in [0.1, 0.15) is 15.4 Å². The topological polar surface area (TPSA) is 50.4 Å². The van der Waals surface area contributed by atoms with E-state index in [0.717, 1.165) is 9.58 Å². The number of hydrogen-bond acceptors (Lipinski definition) is 3. The van der Waals surface area contributed by atoms with Crippen LogP contribution in [-0.2, 0) is 0 Å². The van der Waals surface area contributed by atoms with E-state index in [0.29, 0.717) is 5.58 Å². The largest absolute Gasteiger partial charge is 0.475 e. The zero-order chi connectivity index (χ0) is 8.72. The lowest BCUT2D eigenvalue weighted by atomic mass is 10.4. The van der Waals surface area contributed by atoms with Gasteiger partial charge in [-0.2, -0.15) is 0 Å². The molecule has 1 N–H and O–H groups in total. The molecule has 2 aromatic rings. The molecule has 2 rings (SSSR count). The van der Waals surface area contributed by atoms with Gasteiger partial charge in [-0.25, -0.2) is 4.79 Å². The number of hydrogen-bond donors (Lipinski definition) is 1. The minimum Gasteiger partial charge on any atom is -0.475 e. The molecule has 12 heavy (non-hydrogen) atoms. The average Bonchev–Trinajstić information content (AvgIpc) is 2.42. The van der Waals surface area contributed by atoms with E-state index in [4.69, 9.17) is 9.52 Å². The Balaban J connectivity index is 2.64. The van der Waals surface area contributed by atoms with Crippen LogP contribution in [-0.4, -0.2) is 11.1 Å². The molecule has 0 aliphatic heterocycles. The number of furan rings is 1. The Hall–Kier alpha value is -1.29. The summed E-state index contributed by atoms with van der Waals surface area (Å²) in [4.78, 5) is 11.6. The number of fused-ring (bicyclic) bond motifs is 1. The minimum absolute atomic E-state index is 0.0104. The number of aryl methyl sites for hydroxylation is 1. The summed E-state index contributed by atoms with van der Waals surface area (Å²) in [7, 11) is 0. The van der Waals surface area contributed by atoms with Gasteiger partial charge >= 0.3 is 5.97 Å². The highest BCUT2D eigenvalue weighted by molar-refractivity contribution is 7.18. The maximum Gasteiger partial charge on any atom is 0.371 e. The molecule has 0 unspecified atom stereocenters. The van der Waals surface area contributed by atoms with Gasteiger partial charge in [-0.1, -0.05) is 0 Å². The second-order valence-electron chi connectivity index (χ2n) is 2.50. The molecule has 0 aromatic carbocycles. The lowest BCUT2D eigenvalue weighted by molar-refractivity contribution is 0.0665. The normalized spacial score (nSPS) is 10.8. The van der Waals surface area contributed by atoms with Crippen molar-refractivity contribution in [1.29, 1.82) is 0 Å². The fourth-order valence-electron chi connectivity index (χ4n) is 1.06. The van der Waals surface area contributed by atoms with E-state index in [1.807, 2.05) is 13.0 Å². The predicted octanol–water partition coefficient (Wildman–Crippen LogP) is 2.50. The van der Waals surface area contributed by atoms with Crippen LogP contribution in [0.3, 0.4) is 0 Å². The lowest BCUT2D eigenvalue weighted by Gasteiger charge is -1.82. The van der Waals surface area contributed by atoms with Crippen LogP contribution < -0.4 is 0 Å². The summed E-state index contributed by atoms with van der Waals surface area (Å²) in [5.74, 6) is -1.01. The minimum atomic E-state index is -1.02. The summed E-state index contributed by atoms with van der Waals surface area (Å²) in [5.41, 5.74) is 0.662. The molecule has 0 aliphatic rings. The van der Waals surface area contributed by atoms with Crippen molar-refractivity contribution in [3.05, 3.63) is 22.8 Å². The fraction of sp³-hybridized carbons (Fsp3) is 0.125. The third kappa shape index (κ3) is 1.00. The molecular weight excluding hydrogens is 176 g/mol. The number of carbonyl (C=O) groups is 1. The lowest BCUT2D eigenvalue weighted by Crippen LogP contribution is -1.91. The second-order valence-corrected chi connectivity index (χ2v) is 3.79. The summed E-state index contributed by atoms with van der Waals surface area (Å²) >= 11 is 1.53. The van der Waals surface area contributed by atoms with Crippen molar-refractivity contribution in [2.45, 2.75) is 6.92 Å². The van der Waals surface area contributed by atoms with Crippen LogP contribution in [0.5, 0.6) is 0 Å². The van der Waals surface area contributed by atoms with Gasteiger partial charge in [-0.3, -0.25) is 0 Å². The van der Waals surface area contributed by atoms with Crippen LogP contribution in [0.15, 0.2) is 16.5 Å². The van der Waals surface area contributed by atoms with Crippen molar-refractivity contribution in [3.8, 4) is 0 Å². The van der Waals surface area contributed by atoms with Crippen molar-refractivity contribution < 1.29 is 14.3 Å². The van der Waals surface area contributed by atoms with Crippen molar-refractivity contribution >= 4 is 27.6 Å². The van der Waals surface area contributed by atoms with Crippen molar-refractivity contribution in [3.63, 3.8) is 0 Å². The van der Waals surface area contributed by atoms with Crippen LogP contribution >= 0.6 is 11.3 Å². The van der Waals surface area contributed by atoms with Crippen molar-refractivity contribution in [1.82, 2.24) is 0 Å². The number of rotatable bonds is 1. The van der Waals surface area contributed by atoms with Gasteiger partial charge in [-0.15, -0.1) is 11.3 Å². The van der Waals surface area contributed by atoms with E-state index in [-0.39, 0.29) is 5.76 Å². The van der Waals surface area contributed by atoms with Gasteiger partial charge in [-0.05, 0) is 13.0 Å². The number of carboxylic acid groups (broad SMARTS) is 1. The molecule has 3 nitrogen and oxygen atoms in total. The van der Waals surface area contributed by atoms with Crippen molar-refractivity contribution in [2.75, 3.05) is 0 Å². The first kappa shape index (κ1) is 7.36. The van der Waals surface area contributed by atoms with Gasteiger partial charge in [0.2, 0.25) is 5.76 Å². The Morgan fingerprint density at radius 2 is 2.33 bits per heavy atom. The van der Waals surface area contributed by atoms with Gasteiger partial charge in [0, 0.05) is 10.9 Å². The summed E-state index contributed by atoms with van der Waals surface area (Å²) < 4.78 is 5.95. The Morgan fingerprint density at radius 1 is 1.58 bits per heavy atom. The van der Waals surface area contributed by atoms with Gasteiger partial charge < -0.3 is 9.52 Å². The fourth-order valence-corrected chi connectivity index (χ4v) is 1.94. The van der Waals surface area contributed by atoms with Gasteiger partial charge in [0.1, 0.15) is 5.58 Å². The van der Waals surface area contributed by atoms with E-state index in [1.54, 1.807) is 6.07 Å².